The summed E-state index contributed by atoms with van der Waals surface area (Å²) in [5.74, 6) is -0.362. The van der Waals surface area contributed by atoms with Crippen LogP contribution in [-0.2, 0) is 6.18 Å². The topological polar surface area (TPSA) is 38.0 Å². The first kappa shape index (κ1) is 15.3. The van der Waals surface area contributed by atoms with Crippen molar-refractivity contribution < 1.29 is 17.6 Å². The summed E-state index contributed by atoms with van der Waals surface area (Å²) in [5.41, 5.74) is 6.22. The fraction of sp³-hybridized carbons (Fsp3) is 0.200. The van der Waals surface area contributed by atoms with Crippen LogP contribution in [0.4, 0.5) is 23.2 Å². The molecule has 0 fully saturated rings. The van der Waals surface area contributed by atoms with E-state index in [2.05, 4.69) is 5.32 Å². The monoisotopic (exact) mass is 298 g/mol. The fourth-order valence-corrected chi connectivity index (χ4v) is 1.93. The van der Waals surface area contributed by atoms with Gasteiger partial charge in [0.1, 0.15) is 5.82 Å². The SMILES string of the molecule is NCC(Nc1ccc(F)cc1)c1ccc(C(F)(F)F)cc1. The van der Waals surface area contributed by atoms with E-state index in [-0.39, 0.29) is 18.4 Å². The van der Waals surface area contributed by atoms with Gasteiger partial charge >= 0.3 is 6.18 Å². The first-order valence-electron chi connectivity index (χ1n) is 6.29. The zero-order valence-corrected chi connectivity index (χ0v) is 11.0. The second-order valence-electron chi connectivity index (χ2n) is 4.56. The Morgan fingerprint density at radius 3 is 2.00 bits per heavy atom. The minimum Gasteiger partial charge on any atom is -0.377 e. The lowest BCUT2D eigenvalue weighted by molar-refractivity contribution is -0.137. The number of hydrogen-bond acceptors (Lipinski definition) is 2. The first-order valence-corrected chi connectivity index (χ1v) is 6.29. The summed E-state index contributed by atoms with van der Waals surface area (Å²) in [6, 6.07) is 10.1. The Bertz CT molecular complexity index is 576. The third kappa shape index (κ3) is 3.95. The number of rotatable bonds is 4. The Labute approximate surface area is 119 Å². The van der Waals surface area contributed by atoms with E-state index in [1.165, 1.54) is 24.3 Å². The third-order valence-electron chi connectivity index (χ3n) is 3.06. The molecule has 21 heavy (non-hydrogen) atoms. The number of halogens is 4. The Morgan fingerprint density at radius 2 is 1.52 bits per heavy atom. The summed E-state index contributed by atoms with van der Waals surface area (Å²) in [7, 11) is 0. The van der Waals surface area contributed by atoms with Crippen LogP contribution in [0.25, 0.3) is 0 Å². The van der Waals surface area contributed by atoms with Crippen LogP contribution in [0.3, 0.4) is 0 Å². The Hall–Kier alpha value is -2.08. The summed E-state index contributed by atoms with van der Waals surface area (Å²) in [4.78, 5) is 0. The lowest BCUT2D eigenvalue weighted by Crippen LogP contribution is -2.20. The van der Waals surface area contributed by atoms with E-state index in [0.717, 1.165) is 12.1 Å². The van der Waals surface area contributed by atoms with E-state index >= 15 is 0 Å². The number of nitrogens with one attached hydrogen (secondary N) is 1. The van der Waals surface area contributed by atoms with Gasteiger partial charge in [0.25, 0.3) is 0 Å². The van der Waals surface area contributed by atoms with Crippen molar-refractivity contribution in [3.63, 3.8) is 0 Å². The predicted molar refractivity (Wildman–Crippen MR) is 73.3 cm³/mol. The van der Waals surface area contributed by atoms with Crippen LogP contribution in [-0.4, -0.2) is 6.54 Å². The van der Waals surface area contributed by atoms with Crippen LogP contribution in [0, 0.1) is 5.82 Å². The number of hydrogen-bond donors (Lipinski definition) is 2. The van der Waals surface area contributed by atoms with Gasteiger partial charge in [-0.15, -0.1) is 0 Å². The molecular formula is C15H14F4N2. The maximum Gasteiger partial charge on any atom is 0.416 e. The Kier molecular flexibility index (Phi) is 4.47. The van der Waals surface area contributed by atoms with Crippen molar-refractivity contribution in [3.05, 3.63) is 65.5 Å². The zero-order valence-electron chi connectivity index (χ0n) is 11.0. The fourth-order valence-electron chi connectivity index (χ4n) is 1.93. The highest BCUT2D eigenvalue weighted by molar-refractivity contribution is 5.46. The highest BCUT2D eigenvalue weighted by Gasteiger charge is 2.30. The second kappa shape index (κ2) is 6.13. The van der Waals surface area contributed by atoms with Crippen LogP contribution in [0.15, 0.2) is 48.5 Å². The molecule has 0 bridgehead atoms. The molecule has 0 heterocycles. The molecule has 0 radical (unpaired) electrons. The van der Waals surface area contributed by atoms with Crippen LogP contribution in [0.1, 0.15) is 17.2 Å². The van der Waals surface area contributed by atoms with E-state index in [1.54, 1.807) is 12.1 Å². The average molecular weight is 298 g/mol. The summed E-state index contributed by atoms with van der Waals surface area (Å²) >= 11 is 0. The molecule has 0 amide bonds. The molecule has 0 spiro atoms. The van der Waals surface area contributed by atoms with Gasteiger partial charge in [-0.3, -0.25) is 0 Å². The molecular weight excluding hydrogens is 284 g/mol. The molecule has 6 heteroatoms. The van der Waals surface area contributed by atoms with Gasteiger partial charge in [0.2, 0.25) is 0 Å². The first-order chi connectivity index (χ1) is 9.90. The van der Waals surface area contributed by atoms with Gasteiger partial charge in [0, 0.05) is 12.2 Å². The van der Waals surface area contributed by atoms with E-state index in [4.69, 9.17) is 5.73 Å². The van der Waals surface area contributed by atoms with E-state index < -0.39 is 11.7 Å². The third-order valence-corrected chi connectivity index (χ3v) is 3.06. The molecule has 3 N–H and O–H groups in total. The van der Waals surface area contributed by atoms with Crippen LogP contribution < -0.4 is 11.1 Å². The Morgan fingerprint density at radius 1 is 0.952 bits per heavy atom. The van der Waals surface area contributed by atoms with Gasteiger partial charge in [-0.25, -0.2) is 4.39 Å². The van der Waals surface area contributed by atoms with E-state index in [9.17, 15) is 17.6 Å². The molecule has 0 aliphatic rings. The lowest BCUT2D eigenvalue weighted by Gasteiger charge is -2.19. The van der Waals surface area contributed by atoms with Crippen LogP contribution >= 0.6 is 0 Å². The highest BCUT2D eigenvalue weighted by Crippen LogP contribution is 2.30. The minimum absolute atomic E-state index is 0.197. The maximum absolute atomic E-state index is 12.8. The van der Waals surface area contributed by atoms with Crippen molar-refractivity contribution in [1.82, 2.24) is 0 Å². The van der Waals surface area contributed by atoms with Gasteiger partial charge < -0.3 is 11.1 Å². The largest absolute Gasteiger partial charge is 0.416 e. The molecule has 2 aromatic carbocycles. The standard InChI is InChI=1S/C15H14F4N2/c16-12-5-7-13(8-6-12)21-14(9-20)10-1-3-11(4-2-10)15(17,18)19/h1-8,14,21H,9,20H2. The van der Waals surface area contributed by atoms with Crippen molar-refractivity contribution in [2.45, 2.75) is 12.2 Å². The van der Waals surface area contributed by atoms with Crippen molar-refractivity contribution in [1.29, 1.82) is 0 Å². The average Bonchev–Trinajstić information content (AvgIpc) is 2.46. The number of nitrogens with two attached hydrogens (primary N) is 1. The van der Waals surface area contributed by atoms with Gasteiger partial charge in [0.05, 0.1) is 11.6 Å². The molecule has 1 unspecified atom stereocenters. The summed E-state index contributed by atoms with van der Waals surface area (Å²) < 4.78 is 50.4. The summed E-state index contributed by atoms with van der Waals surface area (Å²) in [5, 5.41) is 3.06. The number of alkyl halides is 3. The molecule has 0 aliphatic carbocycles. The van der Waals surface area contributed by atoms with Gasteiger partial charge in [-0.2, -0.15) is 13.2 Å². The molecule has 0 saturated carbocycles. The van der Waals surface area contributed by atoms with Crippen LogP contribution in [0.2, 0.25) is 0 Å². The van der Waals surface area contributed by atoms with E-state index in [1.807, 2.05) is 0 Å². The maximum atomic E-state index is 12.8. The molecule has 2 rings (SSSR count). The van der Waals surface area contributed by atoms with Crippen molar-refractivity contribution in [2.75, 3.05) is 11.9 Å². The normalized spacial score (nSPS) is 13.0. The highest BCUT2D eigenvalue weighted by atomic mass is 19.4. The quantitative estimate of drug-likeness (QED) is 0.839. The van der Waals surface area contributed by atoms with E-state index in [0.29, 0.717) is 11.3 Å². The van der Waals surface area contributed by atoms with Crippen LogP contribution in [0.5, 0.6) is 0 Å². The molecule has 0 aliphatic heterocycles. The van der Waals surface area contributed by atoms with Gasteiger partial charge in [0.15, 0.2) is 0 Å². The molecule has 2 nitrogen and oxygen atoms in total. The number of anilines is 1. The number of benzene rings is 2. The predicted octanol–water partition coefficient (Wildman–Crippen LogP) is 3.96. The van der Waals surface area contributed by atoms with Gasteiger partial charge in [-0.05, 0) is 42.0 Å². The van der Waals surface area contributed by atoms with Crippen molar-refractivity contribution >= 4 is 5.69 Å². The molecule has 2 aromatic rings. The summed E-state index contributed by atoms with van der Waals surface area (Å²) in [6.45, 7) is 0.197. The lowest BCUT2D eigenvalue weighted by atomic mass is 10.0. The van der Waals surface area contributed by atoms with Crippen molar-refractivity contribution in [2.24, 2.45) is 5.73 Å². The second-order valence-corrected chi connectivity index (χ2v) is 4.56. The molecule has 0 saturated heterocycles. The van der Waals surface area contributed by atoms with Gasteiger partial charge in [-0.1, -0.05) is 12.1 Å². The van der Waals surface area contributed by atoms with Crippen molar-refractivity contribution in [3.8, 4) is 0 Å². The Balaban J connectivity index is 2.15. The minimum atomic E-state index is -4.36. The zero-order chi connectivity index (χ0) is 15.5. The molecule has 112 valence electrons. The summed E-state index contributed by atoms with van der Waals surface area (Å²) in [6.07, 6.45) is -4.36. The smallest absolute Gasteiger partial charge is 0.377 e. The molecule has 0 aromatic heterocycles. The molecule has 1 atom stereocenters.